The van der Waals surface area contributed by atoms with E-state index in [-0.39, 0.29) is 12.2 Å². The van der Waals surface area contributed by atoms with Crippen LogP contribution in [0.4, 0.5) is 0 Å². The second kappa shape index (κ2) is 3.04. The van der Waals surface area contributed by atoms with Crippen molar-refractivity contribution in [1.29, 1.82) is 0 Å². The molecule has 0 fully saturated rings. The number of rotatable bonds is 1. The molecule has 1 N–H and O–H groups in total. The minimum Gasteiger partial charge on any atom is -0.478 e. The maximum absolute atomic E-state index is 10.6. The summed E-state index contributed by atoms with van der Waals surface area (Å²) < 4.78 is 0. The third-order valence-electron chi connectivity index (χ3n) is 1.69. The Hall–Kier alpha value is -1.59. The van der Waals surface area contributed by atoms with Gasteiger partial charge in [-0.05, 0) is 23.2 Å². The van der Waals surface area contributed by atoms with Gasteiger partial charge in [-0.1, -0.05) is 0 Å². The Morgan fingerprint density at radius 2 is 2.31 bits per heavy atom. The van der Waals surface area contributed by atoms with E-state index < -0.39 is 5.97 Å². The van der Waals surface area contributed by atoms with Crippen LogP contribution in [0.2, 0.25) is 0 Å². The van der Waals surface area contributed by atoms with E-state index in [4.69, 9.17) is 5.11 Å². The fourth-order valence-corrected chi connectivity index (χ4v) is 1.05. The Bertz CT molecular complexity index is 346. The van der Waals surface area contributed by atoms with Crippen LogP contribution in [-0.4, -0.2) is 11.1 Å². The smallest absolute Gasteiger partial charge is 0.335 e. The molecule has 0 radical (unpaired) electrons. The van der Waals surface area contributed by atoms with E-state index in [1.165, 1.54) is 18.2 Å². The lowest BCUT2D eigenvalue weighted by Gasteiger charge is -2.13. The summed E-state index contributed by atoms with van der Waals surface area (Å²) >= 11 is 0. The molecule has 1 aromatic carbocycles. The highest BCUT2D eigenvalue weighted by Gasteiger charge is 2.14. The number of hydrogen-bond acceptors (Lipinski definition) is 4. The van der Waals surface area contributed by atoms with Crippen molar-refractivity contribution in [2.75, 3.05) is 0 Å². The largest absolute Gasteiger partial charge is 0.478 e. The summed E-state index contributed by atoms with van der Waals surface area (Å²) in [5, 5.41) is 12.9. The lowest BCUT2D eigenvalue weighted by molar-refractivity contribution is -0.482. The molecular weight excluding hydrogens is 176 g/mol. The quantitative estimate of drug-likeness (QED) is 0.659. The summed E-state index contributed by atoms with van der Waals surface area (Å²) in [7, 11) is 0. The number of fused-ring (bicyclic) bond motifs is 1. The van der Waals surface area contributed by atoms with E-state index in [2.05, 4.69) is 14.8 Å². The van der Waals surface area contributed by atoms with Crippen LogP contribution in [0.25, 0.3) is 0 Å². The Morgan fingerprint density at radius 3 is 3.08 bits per heavy atom. The van der Waals surface area contributed by atoms with Crippen LogP contribution in [0.3, 0.4) is 0 Å². The van der Waals surface area contributed by atoms with Crippen LogP contribution in [0.5, 0.6) is 5.75 Å². The molecule has 1 heterocycles. The summed E-state index contributed by atoms with van der Waals surface area (Å²) in [6.07, 6.45) is 0. The van der Waals surface area contributed by atoms with Crippen LogP contribution in [0, 0.1) is 0 Å². The van der Waals surface area contributed by atoms with Crippen LogP contribution in [0.15, 0.2) is 18.2 Å². The van der Waals surface area contributed by atoms with Gasteiger partial charge in [0.05, 0.1) is 5.56 Å². The zero-order valence-corrected chi connectivity index (χ0v) is 6.52. The highest BCUT2D eigenvalue weighted by atomic mass is 17.5. The normalized spacial score (nSPS) is 14.5. The van der Waals surface area contributed by atoms with Crippen molar-refractivity contribution >= 4 is 5.97 Å². The molecule has 13 heavy (non-hydrogen) atoms. The molecule has 0 aliphatic carbocycles. The minimum absolute atomic E-state index is 0.191. The first kappa shape index (κ1) is 8.03. The SMILES string of the molecule is O=C(O)c1ccc2c(c1)COOO2. The van der Waals surface area contributed by atoms with E-state index in [1.54, 1.807) is 0 Å². The number of aromatic carboxylic acids is 1. The maximum Gasteiger partial charge on any atom is 0.335 e. The highest BCUT2D eigenvalue weighted by molar-refractivity contribution is 5.88. The van der Waals surface area contributed by atoms with Crippen LogP contribution < -0.4 is 4.89 Å². The zero-order chi connectivity index (χ0) is 9.26. The third-order valence-corrected chi connectivity index (χ3v) is 1.69. The van der Waals surface area contributed by atoms with E-state index in [0.29, 0.717) is 11.3 Å². The molecule has 0 aromatic heterocycles. The predicted octanol–water partition coefficient (Wildman–Crippen LogP) is 1.14. The Balaban J connectivity index is 2.40. The molecule has 0 saturated heterocycles. The summed E-state index contributed by atoms with van der Waals surface area (Å²) in [4.78, 5) is 19.7. The first-order chi connectivity index (χ1) is 6.27. The van der Waals surface area contributed by atoms with Gasteiger partial charge in [0.1, 0.15) is 6.61 Å². The predicted molar refractivity (Wildman–Crippen MR) is 39.9 cm³/mol. The first-order valence-electron chi connectivity index (χ1n) is 3.60. The Morgan fingerprint density at radius 1 is 1.46 bits per heavy atom. The van der Waals surface area contributed by atoms with Crippen molar-refractivity contribution in [3.8, 4) is 5.75 Å². The fraction of sp³-hybridized carbons (Fsp3) is 0.125. The van der Waals surface area contributed by atoms with Crippen molar-refractivity contribution in [3.05, 3.63) is 29.3 Å². The number of carboxylic acid groups (broad SMARTS) is 1. The van der Waals surface area contributed by atoms with Gasteiger partial charge in [-0.2, -0.15) is 4.89 Å². The second-order valence-corrected chi connectivity index (χ2v) is 2.54. The van der Waals surface area contributed by atoms with Gasteiger partial charge < -0.3 is 9.99 Å². The lowest BCUT2D eigenvalue weighted by Crippen LogP contribution is -2.09. The Labute approximate surface area is 73.3 Å². The molecule has 5 heteroatoms. The molecule has 68 valence electrons. The Kier molecular flexibility index (Phi) is 1.88. The van der Waals surface area contributed by atoms with E-state index in [9.17, 15) is 4.79 Å². The summed E-state index contributed by atoms with van der Waals surface area (Å²) in [5.41, 5.74) is 0.860. The van der Waals surface area contributed by atoms with Crippen LogP contribution >= 0.6 is 0 Å². The third kappa shape index (κ3) is 1.47. The highest BCUT2D eigenvalue weighted by Crippen LogP contribution is 2.24. The molecule has 2 rings (SSSR count). The second-order valence-electron chi connectivity index (χ2n) is 2.54. The van der Waals surface area contributed by atoms with Crippen molar-refractivity contribution in [2.45, 2.75) is 6.61 Å². The van der Waals surface area contributed by atoms with Crippen LogP contribution in [0.1, 0.15) is 15.9 Å². The topological polar surface area (TPSA) is 65.0 Å². The molecule has 1 aromatic rings. The maximum atomic E-state index is 10.6. The fourth-order valence-electron chi connectivity index (χ4n) is 1.05. The molecule has 0 unspecified atom stereocenters. The van der Waals surface area contributed by atoms with Gasteiger partial charge >= 0.3 is 5.97 Å². The van der Waals surface area contributed by atoms with Crippen molar-refractivity contribution in [2.24, 2.45) is 0 Å². The number of carboxylic acids is 1. The zero-order valence-electron chi connectivity index (χ0n) is 6.52. The van der Waals surface area contributed by atoms with E-state index >= 15 is 0 Å². The molecule has 0 spiro atoms. The molecule has 1 aliphatic rings. The van der Waals surface area contributed by atoms with Crippen LogP contribution in [-0.2, 0) is 16.5 Å². The standard InChI is InChI=1S/C8H6O5/c9-8(10)5-1-2-7-6(3-5)4-11-13-12-7/h1-3H,4H2,(H,9,10). The van der Waals surface area contributed by atoms with Gasteiger partial charge in [0.15, 0.2) is 5.75 Å². The minimum atomic E-state index is -0.978. The molecule has 0 saturated carbocycles. The van der Waals surface area contributed by atoms with Gasteiger partial charge in [-0.3, -0.25) is 0 Å². The monoisotopic (exact) mass is 182 g/mol. The van der Waals surface area contributed by atoms with Gasteiger partial charge in [0, 0.05) is 5.56 Å². The van der Waals surface area contributed by atoms with E-state index in [1.807, 2.05) is 0 Å². The van der Waals surface area contributed by atoms with Crippen molar-refractivity contribution in [3.63, 3.8) is 0 Å². The average molecular weight is 182 g/mol. The van der Waals surface area contributed by atoms with Gasteiger partial charge in [0.2, 0.25) is 0 Å². The molecule has 0 bridgehead atoms. The van der Waals surface area contributed by atoms with Gasteiger partial charge in [-0.25, -0.2) is 4.79 Å². The number of carbonyl (C=O) groups is 1. The summed E-state index contributed by atoms with van der Waals surface area (Å²) in [6.45, 7) is 0.191. The summed E-state index contributed by atoms with van der Waals surface area (Å²) in [5.74, 6) is -0.495. The van der Waals surface area contributed by atoms with Gasteiger partial charge in [-0.15, -0.1) is 0 Å². The molecule has 1 aliphatic heterocycles. The first-order valence-corrected chi connectivity index (χ1v) is 3.60. The van der Waals surface area contributed by atoms with Crippen molar-refractivity contribution < 1.29 is 24.7 Å². The number of hydrogen-bond donors (Lipinski definition) is 1. The van der Waals surface area contributed by atoms with E-state index in [0.717, 1.165) is 0 Å². The average Bonchev–Trinajstić information content (AvgIpc) is 2.17. The molecule has 0 atom stereocenters. The lowest BCUT2D eigenvalue weighted by atomic mass is 10.1. The summed E-state index contributed by atoms with van der Waals surface area (Å²) in [6, 6.07) is 4.46. The molecular formula is C8H6O5. The molecule has 5 nitrogen and oxygen atoms in total. The number of benzene rings is 1. The van der Waals surface area contributed by atoms with Crippen molar-refractivity contribution in [1.82, 2.24) is 0 Å². The molecule has 0 amide bonds. The van der Waals surface area contributed by atoms with Gasteiger partial charge in [0.25, 0.3) is 0 Å².